The third kappa shape index (κ3) is 3.68. The van der Waals surface area contributed by atoms with Crippen LogP contribution >= 0.6 is 31.9 Å². The number of hydrogen-bond acceptors (Lipinski definition) is 3. The quantitative estimate of drug-likeness (QED) is 0.509. The van der Waals surface area contributed by atoms with Crippen molar-refractivity contribution in [3.05, 3.63) is 86.5 Å². The van der Waals surface area contributed by atoms with Crippen molar-refractivity contribution in [1.82, 2.24) is 0 Å². The van der Waals surface area contributed by atoms with Gasteiger partial charge in [-0.2, -0.15) is 0 Å². The summed E-state index contributed by atoms with van der Waals surface area (Å²) in [6.45, 7) is 0. The number of halogens is 2. The molecule has 3 nitrogen and oxygen atoms in total. The fourth-order valence-corrected chi connectivity index (χ4v) is 2.59. The lowest BCUT2D eigenvalue weighted by atomic mass is 10.1. The summed E-state index contributed by atoms with van der Waals surface area (Å²) in [5, 5.41) is 0. The van der Waals surface area contributed by atoms with Crippen LogP contribution < -0.4 is 0 Å². The molecule has 0 atom stereocenters. The molecule has 1 aliphatic heterocycles. The monoisotopic (exact) mass is 432 g/mol. The lowest BCUT2D eigenvalue weighted by Gasteiger charge is -2.04. The van der Waals surface area contributed by atoms with Crippen LogP contribution in [-0.2, 0) is 9.53 Å². The molecule has 0 aliphatic carbocycles. The first-order chi connectivity index (χ1) is 11.0. The lowest BCUT2D eigenvalue weighted by molar-refractivity contribution is -0.112. The van der Waals surface area contributed by atoms with Crippen molar-refractivity contribution in [3.8, 4) is 0 Å². The molecular formula is C18H10Br2O3. The molecule has 0 unspecified atom stereocenters. The Bertz CT molecular complexity index is 832. The Balaban J connectivity index is 1.80. The van der Waals surface area contributed by atoms with E-state index in [0.717, 1.165) is 14.5 Å². The van der Waals surface area contributed by atoms with Crippen molar-refractivity contribution in [3.63, 3.8) is 0 Å². The summed E-state index contributed by atoms with van der Waals surface area (Å²) in [6, 6.07) is 14.3. The van der Waals surface area contributed by atoms with Crippen molar-refractivity contribution in [2.75, 3.05) is 0 Å². The SMILES string of the molecule is O=C1C=C(c2ccc(Br)cc2)O/C1=C/C(=O)c1ccc(Br)cc1. The summed E-state index contributed by atoms with van der Waals surface area (Å²) in [5.74, 6) is -0.104. The molecule has 0 saturated carbocycles. The molecule has 0 saturated heterocycles. The number of hydrogen-bond donors (Lipinski definition) is 0. The highest BCUT2D eigenvalue weighted by molar-refractivity contribution is 9.10. The van der Waals surface area contributed by atoms with E-state index >= 15 is 0 Å². The molecule has 2 aromatic carbocycles. The average Bonchev–Trinajstić information content (AvgIpc) is 2.89. The number of ketones is 2. The van der Waals surface area contributed by atoms with Crippen LogP contribution in [0.25, 0.3) is 5.76 Å². The molecular weight excluding hydrogens is 424 g/mol. The van der Waals surface area contributed by atoms with E-state index in [2.05, 4.69) is 31.9 Å². The van der Waals surface area contributed by atoms with Gasteiger partial charge in [0.25, 0.3) is 0 Å². The van der Waals surface area contributed by atoms with Gasteiger partial charge < -0.3 is 4.74 Å². The van der Waals surface area contributed by atoms with Gasteiger partial charge >= 0.3 is 0 Å². The zero-order valence-corrected chi connectivity index (χ0v) is 14.9. The summed E-state index contributed by atoms with van der Waals surface area (Å²) >= 11 is 6.67. The molecule has 0 fully saturated rings. The molecule has 0 spiro atoms. The summed E-state index contributed by atoms with van der Waals surface area (Å²) in [7, 11) is 0. The summed E-state index contributed by atoms with van der Waals surface area (Å²) in [6.07, 6.45) is 2.62. The molecule has 0 bridgehead atoms. The van der Waals surface area contributed by atoms with Crippen LogP contribution in [0, 0.1) is 0 Å². The van der Waals surface area contributed by atoms with Gasteiger partial charge in [0, 0.05) is 32.2 Å². The van der Waals surface area contributed by atoms with E-state index in [1.54, 1.807) is 24.3 Å². The van der Waals surface area contributed by atoms with Gasteiger partial charge in [-0.3, -0.25) is 9.59 Å². The van der Waals surface area contributed by atoms with Gasteiger partial charge in [-0.05, 0) is 36.4 Å². The van der Waals surface area contributed by atoms with Crippen LogP contribution in [0.1, 0.15) is 15.9 Å². The molecule has 5 heteroatoms. The third-order valence-electron chi connectivity index (χ3n) is 3.24. The molecule has 23 heavy (non-hydrogen) atoms. The molecule has 1 heterocycles. The standard InChI is InChI=1S/C18H10Br2O3/c19-13-5-1-11(2-6-13)15(21)9-18-16(22)10-17(23-18)12-3-7-14(20)8-4-12/h1-10H/b18-9+. The van der Waals surface area contributed by atoms with Crippen molar-refractivity contribution in [2.24, 2.45) is 0 Å². The molecule has 3 rings (SSSR count). The van der Waals surface area contributed by atoms with Gasteiger partial charge in [-0.15, -0.1) is 0 Å². The van der Waals surface area contributed by atoms with Crippen LogP contribution in [0.3, 0.4) is 0 Å². The Morgan fingerprint density at radius 2 is 1.48 bits per heavy atom. The van der Waals surface area contributed by atoms with E-state index in [4.69, 9.17) is 4.74 Å². The van der Waals surface area contributed by atoms with E-state index in [-0.39, 0.29) is 17.3 Å². The van der Waals surface area contributed by atoms with Gasteiger partial charge in [-0.25, -0.2) is 0 Å². The maximum absolute atomic E-state index is 12.2. The maximum atomic E-state index is 12.2. The van der Waals surface area contributed by atoms with E-state index in [1.165, 1.54) is 12.2 Å². The van der Waals surface area contributed by atoms with Gasteiger partial charge in [0.2, 0.25) is 5.78 Å². The Morgan fingerprint density at radius 3 is 2.09 bits per heavy atom. The van der Waals surface area contributed by atoms with Crippen molar-refractivity contribution < 1.29 is 14.3 Å². The normalized spacial score (nSPS) is 15.5. The third-order valence-corrected chi connectivity index (χ3v) is 4.30. The fraction of sp³-hybridized carbons (Fsp3) is 0. The highest BCUT2D eigenvalue weighted by atomic mass is 79.9. The number of carbonyl (C=O) groups excluding carboxylic acids is 2. The molecule has 1 aliphatic rings. The smallest absolute Gasteiger partial charge is 0.224 e. The minimum atomic E-state index is -0.312. The van der Waals surface area contributed by atoms with E-state index < -0.39 is 0 Å². The van der Waals surface area contributed by atoms with Crippen molar-refractivity contribution in [1.29, 1.82) is 0 Å². The zero-order valence-electron chi connectivity index (χ0n) is 11.8. The second kappa shape index (κ2) is 6.64. The zero-order chi connectivity index (χ0) is 16.4. The first-order valence-electron chi connectivity index (χ1n) is 6.74. The molecule has 2 aromatic rings. The second-order valence-corrected chi connectivity index (χ2v) is 6.69. The van der Waals surface area contributed by atoms with Crippen LogP contribution in [0.4, 0.5) is 0 Å². The molecule has 0 radical (unpaired) electrons. The van der Waals surface area contributed by atoms with Crippen molar-refractivity contribution in [2.45, 2.75) is 0 Å². The van der Waals surface area contributed by atoms with Crippen LogP contribution in [0.5, 0.6) is 0 Å². The number of rotatable bonds is 3. The predicted molar refractivity (Wildman–Crippen MR) is 94.8 cm³/mol. The highest BCUT2D eigenvalue weighted by Gasteiger charge is 2.23. The second-order valence-electron chi connectivity index (χ2n) is 4.86. The first kappa shape index (κ1) is 15.9. The van der Waals surface area contributed by atoms with E-state index in [9.17, 15) is 9.59 Å². The number of carbonyl (C=O) groups is 2. The topological polar surface area (TPSA) is 43.4 Å². The minimum Gasteiger partial charge on any atom is -0.452 e. The van der Waals surface area contributed by atoms with Gasteiger partial charge in [0.05, 0.1) is 0 Å². The van der Waals surface area contributed by atoms with Crippen LogP contribution in [-0.4, -0.2) is 11.6 Å². The van der Waals surface area contributed by atoms with E-state index in [0.29, 0.717) is 11.3 Å². The van der Waals surface area contributed by atoms with Crippen LogP contribution in [0.15, 0.2) is 75.4 Å². The highest BCUT2D eigenvalue weighted by Crippen LogP contribution is 2.27. The Labute approximate surface area is 149 Å². The minimum absolute atomic E-state index is 0.0378. The molecule has 0 N–H and O–H groups in total. The predicted octanol–water partition coefficient (Wildman–Crippen LogP) is 4.92. The number of ether oxygens (including phenoxy) is 1. The number of allylic oxidation sites excluding steroid dienone is 2. The molecule has 0 aromatic heterocycles. The largest absolute Gasteiger partial charge is 0.452 e. The van der Waals surface area contributed by atoms with Crippen molar-refractivity contribution >= 4 is 49.2 Å². The Hall–Kier alpha value is -1.98. The van der Waals surface area contributed by atoms with Gasteiger partial charge in [0.1, 0.15) is 5.76 Å². The number of benzene rings is 2. The maximum Gasteiger partial charge on any atom is 0.224 e. The fourth-order valence-electron chi connectivity index (χ4n) is 2.06. The Kier molecular flexibility index (Phi) is 4.59. The van der Waals surface area contributed by atoms with E-state index in [1.807, 2.05) is 24.3 Å². The first-order valence-corrected chi connectivity index (χ1v) is 8.33. The van der Waals surface area contributed by atoms with Crippen LogP contribution in [0.2, 0.25) is 0 Å². The average molecular weight is 434 g/mol. The Morgan fingerprint density at radius 1 is 0.913 bits per heavy atom. The van der Waals surface area contributed by atoms with Gasteiger partial charge in [-0.1, -0.05) is 44.0 Å². The summed E-state index contributed by atoms with van der Waals surface area (Å²) in [5.41, 5.74) is 1.27. The van der Waals surface area contributed by atoms with Gasteiger partial charge in [0.15, 0.2) is 11.5 Å². The summed E-state index contributed by atoms with van der Waals surface area (Å²) in [4.78, 5) is 24.2. The molecule has 114 valence electrons. The summed E-state index contributed by atoms with van der Waals surface area (Å²) < 4.78 is 7.36. The molecule has 0 amide bonds. The lowest BCUT2D eigenvalue weighted by Crippen LogP contribution is -2.01.